The lowest BCUT2D eigenvalue weighted by Crippen LogP contribution is -1.92. The fraction of sp³-hybridized carbons (Fsp3) is 0.368. The second kappa shape index (κ2) is 8.35. The molecule has 21 heavy (non-hydrogen) atoms. The smallest absolute Gasteiger partial charge is 0.0658 e. The van der Waals surface area contributed by atoms with Crippen molar-refractivity contribution in [2.75, 3.05) is 0 Å². The number of pyridine rings is 1. The molecule has 1 heterocycles. The lowest BCUT2D eigenvalue weighted by Gasteiger charge is -2.05. The Bertz CT molecular complexity index is 568. The van der Waals surface area contributed by atoms with Crippen LogP contribution in [0, 0.1) is 0 Å². The molecule has 0 unspecified atom stereocenters. The Hall–Kier alpha value is -1.96. The first-order chi connectivity index (χ1) is 9.93. The maximum absolute atomic E-state index is 4.55. The summed E-state index contributed by atoms with van der Waals surface area (Å²) < 4.78 is 0. The molecule has 0 N–H and O–H groups in total. The minimum absolute atomic E-state index is 0.942. The SMILES string of the molecule is C=CC(C)=N/C=C(\C)CCc1ccc(C(C)=C(C)C)nc1. The Kier molecular flexibility index (Phi) is 6.80. The van der Waals surface area contributed by atoms with Crippen molar-refractivity contribution >= 4 is 11.3 Å². The van der Waals surface area contributed by atoms with Gasteiger partial charge >= 0.3 is 0 Å². The highest BCUT2D eigenvalue weighted by atomic mass is 14.7. The van der Waals surface area contributed by atoms with E-state index in [1.165, 1.54) is 22.3 Å². The second-order valence-electron chi connectivity index (χ2n) is 5.63. The van der Waals surface area contributed by atoms with Gasteiger partial charge in [-0.25, -0.2) is 0 Å². The van der Waals surface area contributed by atoms with E-state index in [2.05, 4.69) is 56.4 Å². The van der Waals surface area contributed by atoms with Crippen molar-refractivity contribution < 1.29 is 0 Å². The van der Waals surface area contributed by atoms with Gasteiger partial charge in [0, 0.05) is 18.1 Å². The average Bonchev–Trinajstić information content (AvgIpc) is 2.50. The molecule has 0 atom stereocenters. The van der Waals surface area contributed by atoms with Crippen LogP contribution in [0.1, 0.15) is 52.3 Å². The zero-order chi connectivity index (χ0) is 15.8. The predicted octanol–water partition coefficient (Wildman–Crippen LogP) is 5.38. The fourth-order valence-electron chi connectivity index (χ4n) is 1.72. The number of nitrogens with zero attached hydrogens (tertiary/aromatic N) is 2. The van der Waals surface area contributed by atoms with Crippen molar-refractivity contribution in [2.24, 2.45) is 4.99 Å². The van der Waals surface area contributed by atoms with E-state index in [0.29, 0.717) is 0 Å². The summed E-state index contributed by atoms with van der Waals surface area (Å²) in [5.41, 5.74) is 7.10. The van der Waals surface area contributed by atoms with Crippen LogP contribution < -0.4 is 0 Å². The number of hydrogen-bond donors (Lipinski definition) is 0. The molecule has 1 aromatic heterocycles. The lowest BCUT2D eigenvalue weighted by molar-refractivity contribution is 0.926. The molecule has 0 aliphatic rings. The molecule has 1 aromatic rings. The molecule has 0 aromatic carbocycles. The van der Waals surface area contributed by atoms with Crippen LogP contribution in [0.3, 0.4) is 0 Å². The van der Waals surface area contributed by atoms with E-state index in [4.69, 9.17) is 0 Å². The van der Waals surface area contributed by atoms with E-state index >= 15 is 0 Å². The molecule has 112 valence electrons. The van der Waals surface area contributed by atoms with E-state index in [1.807, 2.05) is 19.3 Å². The zero-order valence-electron chi connectivity index (χ0n) is 13.9. The number of hydrogen-bond acceptors (Lipinski definition) is 2. The van der Waals surface area contributed by atoms with Crippen LogP contribution in [0.25, 0.3) is 5.57 Å². The van der Waals surface area contributed by atoms with Gasteiger partial charge in [-0.1, -0.05) is 23.8 Å². The first-order valence-corrected chi connectivity index (χ1v) is 7.36. The Morgan fingerprint density at radius 1 is 1.19 bits per heavy atom. The summed E-state index contributed by atoms with van der Waals surface area (Å²) in [5.74, 6) is 0. The molecule has 0 amide bonds. The standard InChI is InChI=1S/C19H26N2/c1-7-16(5)20-12-15(4)8-9-18-10-11-19(21-13-18)17(6)14(2)3/h7,10-13H,1,8-9H2,2-6H3/b15-12+,20-16?. The Labute approximate surface area is 129 Å². The molecule has 2 heteroatoms. The van der Waals surface area contributed by atoms with E-state index in [0.717, 1.165) is 24.2 Å². The van der Waals surface area contributed by atoms with Gasteiger partial charge in [-0.15, -0.1) is 0 Å². The van der Waals surface area contributed by atoms with Crippen molar-refractivity contribution in [3.63, 3.8) is 0 Å². The molecule has 0 aliphatic heterocycles. The molecule has 0 bridgehead atoms. The summed E-state index contributed by atoms with van der Waals surface area (Å²) in [6.45, 7) is 14.1. The third-order valence-corrected chi connectivity index (χ3v) is 3.55. The Balaban J connectivity index is 2.65. The molecule has 0 saturated heterocycles. The zero-order valence-corrected chi connectivity index (χ0v) is 13.9. The van der Waals surface area contributed by atoms with Crippen molar-refractivity contribution in [2.45, 2.75) is 47.5 Å². The first-order valence-electron chi connectivity index (χ1n) is 7.36. The van der Waals surface area contributed by atoms with Gasteiger partial charge in [0.2, 0.25) is 0 Å². The minimum Gasteiger partial charge on any atom is -0.262 e. The number of aryl methyl sites for hydroxylation is 1. The van der Waals surface area contributed by atoms with Gasteiger partial charge in [-0.05, 0) is 70.7 Å². The number of aromatic nitrogens is 1. The van der Waals surface area contributed by atoms with Crippen LogP contribution in [0.5, 0.6) is 0 Å². The van der Waals surface area contributed by atoms with Gasteiger partial charge in [0.1, 0.15) is 0 Å². The van der Waals surface area contributed by atoms with E-state index < -0.39 is 0 Å². The van der Waals surface area contributed by atoms with Gasteiger partial charge < -0.3 is 0 Å². The third-order valence-electron chi connectivity index (χ3n) is 3.55. The lowest BCUT2D eigenvalue weighted by atomic mass is 10.1. The number of allylic oxidation sites excluding steroid dienone is 4. The maximum Gasteiger partial charge on any atom is 0.0658 e. The quantitative estimate of drug-likeness (QED) is 0.643. The summed E-state index contributed by atoms with van der Waals surface area (Å²) >= 11 is 0. The molecule has 0 radical (unpaired) electrons. The largest absolute Gasteiger partial charge is 0.262 e. The average molecular weight is 282 g/mol. The second-order valence-corrected chi connectivity index (χ2v) is 5.63. The molecule has 0 aliphatic carbocycles. The normalized spacial score (nSPS) is 12.2. The third kappa shape index (κ3) is 5.90. The molecular weight excluding hydrogens is 256 g/mol. The predicted molar refractivity (Wildman–Crippen MR) is 93.6 cm³/mol. The molecule has 0 fully saturated rings. The summed E-state index contributed by atoms with van der Waals surface area (Å²) in [6, 6.07) is 4.27. The highest BCUT2D eigenvalue weighted by Crippen LogP contribution is 2.16. The van der Waals surface area contributed by atoms with Crippen LogP contribution in [0.2, 0.25) is 0 Å². The Morgan fingerprint density at radius 2 is 1.90 bits per heavy atom. The minimum atomic E-state index is 0.942. The highest BCUT2D eigenvalue weighted by molar-refractivity contribution is 5.92. The summed E-state index contributed by atoms with van der Waals surface area (Å²) in [4.78, 5) is 8.87. The summed E-state index contributed by atoms with van der Waals surface area (Å²) in [7, 11) is 0. The number of aliphatic imine (C=N–C) groups is 1. The van der Waals surface area contributed by atoms with Gasteiger partial charge in [-0.2, -0.15) is 0 Å². The molecule has 0 saturated carbocycles. The molecule has 0 spiro atoms. The van der Waals surface area contributed by atoms with Crippen molar-refractivity contribution in [3.8, 4) is 0 Å². The van der Waals surface area contributed by atoms with Gasteiger partial charge in [0.25, 0.3) is 0 Å². The Morgan fingerprint density at radius 3 is 2.43 bits per heavy atom. The topological polar surface area (TPSA) is 25.2 Å². The first kappa shape index (κ1) is 17.1. The maximum atomic E-state index is 4.55. The van der Waals surface area contributed by atoms with E-state index in [9.17, 15) is 0 Å². The van der Waals surface area contributed by atoms with Gasteiger partial charge in [-0.3, -0.25) is 9.98 Å². The van der Waals surface area contributed by atoms with Crippen molar-refractivity contribution in [1.82, 2.24) is 4.98 Å². The van der Waals surface area contributed by atoms with Crippen LogP contribution in [0.15, 0.2) is 53.3 Å². The van der Waals surface area contributed by atoms with E-state index in [-0.39, 0.29) is 0 Å². The van der Waals surface area contributed by atoms with Crippen LogP contribution in [0.4, 0.5) is 0 Å². The molecule has 1 rings (SSSR count). The molecular formula is C19H26N2. The van der Waals surface area contributed by atoms with Crippen LogP contribution in [-0.2, 0) is 6.42 Å². The fourth-order valence-corrected chi connectivity index (χ4v) is 1.72. The summed E-state index contributed by atoms with van der Waals surface area (Å²) in [6.07, 6.45) is 7.65. The van der Waals surface area contributed by atoms with Crippen molar-refractivity contribution in [1.29, 1.82) is 0 Å². The van der Waals surface area contributed by atoms with Crippen LogP contribution >= 0.6 is 0 Å². The van der Waals surface area contributed by atoms with Crippen molar-refractivity contribution in [3.05, 3.63) is 59.6 Å². The number of rotatable bonds is 6. The molecule has 2 nitrogen and oxygen atoms in total. The van der Waals surface area contributed by atoms with Gasteiger partial charge in [0.05, 0.1) is 5.69 Å². The van der Waals surface area contributed by atoms with Crippen LogP contribution in [-0.4, -0.2) is 10.7 Å². The van der Waals surface area contributed by atoms with E-state index in [1.54, 1.807) is 6.08 Å². The highest BCUT2D eigenvalue weighted by Gasteiger charge is 2.00. The monoisotopic (exact) mass is 282 g/mol. The van der Waals surface area contributed by atoms with Gasteiger partial charge in [0.15, 0.2) is 0 Å². The summed E-state index contributed by atoms with van der Waals surface area (Å²) in [5, 5.41) is 0.